The highest BCUT2D eigenvalue weighted by Gasteiger charge is 2.33. The molecular formula is C31H30ClF4N. The Hall–Kier alpha value is -3.14. The van der Waals surface area contributed by atoms with E-state index < -0.39 is 29.2 Å². The van der Waals surface area contributed by atoms with Gasteiger partial charge >= 0.3 is 0 Å². The van der Waals surface area contributed by atoms with Crippen molar-refractivity contribution in [2.45, 2.75) is 53.4 Å². The van der Waals surface area contributed by atoms with Gasteiger partial charge in [-0.15, -0.1) is 5.73 Å². The van der Waals surface area contributed by atoms with Crippen LogP contribution in [0.3, 0.4) is 0 Å². The van der Waals surface area contributed by atoms with Crippen LogP contribution in [0.25, 0.3) is 11.1 Å². The summed E-state index contributed by atoms with van der Waals surface area (Å²) in [4.78, 5) is 4.23. The van der Waals surface area contributed by atoms with Gasteiger partial charge in [-0.3, -0.25) is 4.99 Å². The molecule has 0 aliphatic heterocycles. The van der Waals surface area contributed by atoms with E-state index in [1.165, 1.54) is 19.1 Å². The average molecular weight is 528 g/mol. The summed E-state index contributed by atoms with van der Waals surface area (Å²) in [5, 5.41) is -0.0254. The molecule has 0 aromatic heterocycles. The lowest BCUT2D eigenvalue weighted by Crippen LogP contribution is -2.08. The van der Waals surface area contributed by atoms with E-state index in [0.29, 0.717) is 46.4 Å². The summed E-state index contributed by atoms with van der Waals surface area (Å²) in [6.07, 6.45) is 2.09. The van der Waals surface area contributed by atoms with E-state index in [1.807, 2.05) is 6.92 Å². The van der Waals surface area contributed by atoms with E-state index in [1.54, 1.807) is 32.9 Å². The SMILES string of the molecule is C=C=C(C)/C(F)=C\N=C(/C)C(C)CCC1=C(C(C)c2ccc(C)c(F)c2F)C(=C)c2ccc(Cl)c(F)c21. The lowest BCUT2D eigenvalue weighted by Gasteiger charge is -2.20. The minimum atomic E-state index is -0.921. The summed E-state index contributed by atoms with van der Waals surface area (Å²) in [5.41, 5.74) is 6.61. The van der Waals surface area contributed by atoms with Crippen molar-refractivity contribution < 1.29 is 17.6 Å². The maximum atomic E-state index is 15.3. The molecule has 0 bridgehead atoms. The normalized spacial score (nSPS) is 15.6. The molecule has 0 N–H and O–H groups in total. The van der Waals surface area contributed by atoms with Crippen LogP contribution in [0.5, 0.6) is 0 Å². The highest BCUT2D eigenvalue weighted by atomic mass is 35.5. The van der Waals surface area contributed by atoms with E-state index in [-0.39, 0.29) is 27.6 Å². The number of nitrogens with zero attached hydrogens (tertiary/aromatic N) is 1. The Bertz CT molecular complexity index is 1410. The number of rotatable bonds is 8. The number of halogens is 5. The molecule has 0 spiro atoms. The fraction of sp³-hybridized carbons (Fsp3) is 0.290. The highest BCUT2D eigenvalue weighted by molar-refractivity contribution is 6.31. The van der Waals surface area contributed by atoms with Crippen LogP contribution < -0.4 is 0 Å². The monoisotopic (exact) mass is 527 g/mol. The molecule has 2 aromatic rings. The minimum Gasteiger partial charge on any atom is -0.263 e. The van der Waals surface area contributed by atoms with Crippen molar-refractivity contribution in [1.29, 1.82) is 0 Å². The Labute approximate surface area is 221 Å². The Morgan fingerprint density at radius 3 is 2.41 bits per heavy atom. The molecule has 1 aliphatic carbocycles. The van der Waals surface area contributed by atoms with Crippen LogP contribution in [-0.4, -0.2) is 5.71 Å². The summed E-state index contributed by atoms with van der Waals surface area (Å²) in [7, 11) is 0. The third-order valence-corrected chi connectivity index (χ3v) is 7.41. The van der Waals surface area contributed by atoms with Crippen molar-refractivity contribution in [3.8, 4) is 0 Å². The maximum absolute atomic E-state index is 15.3. The van der Waals surface area contributed by atoms with E-state index in [9.17, 15) is 13.2 Å². The number of fused-ring (bicyclic) bond motifs is 1. The molecule has 0 saturated heterocycles. The summed E-state index contributed by atoms with van der Waals surface area (Å²) in [6.45, 7) is 16.2. The number of aryl methyl sites for hydroxylation is 1. The predicted octanol–water partition coefficient (Wildman–Crippen LogP) is 10.1. The van der Waals surface area contributed by atoms with Crippen LogP contribution in [0.1, 0.15) is 68.7 Å². The van der Waals surface area contributed by atoms with Gasteiger partial charge in [0.1, 0.15) is 5.82 Å². The molecule has 3 rings (SSSR count). The molecule has 0 saturated carbocycles. The third kappa shape index (κ3) is 5.58. The minimum absolute atomic E-state index is 0.0254. The lowest BCUT2D eigenvalue weighted by atomic mass is 9.85. The van der Waals surface area contributed by atoms with Gasteiger partial charge in [0.25, 0.3) is 0 Å². The smallest absolute Gasteiger partial charge is 0.162 e. The van der Waals surface area contributed by atoms with Crippen LogP contribution in [0, 0.1) is 30.3 Å². The zero-order chi connectivity index (χ0) is 27.6. The van der Waals surface area contributed by atoms with Gasteiger partial charge in [-0.2, -0.15) is 0 Å². The summed E-state index contributed by atoms with van der Waals surface area (Å²) in [5.74, 6) is -3.57. The molecule has 0 radical (unpaired) electrons. The number of allylic oxidation sites excluding steroid dienone is 5. The second kappa shape index (κ2) is 11.5. The molecular weight excluding hydrogens is 498 g/mol. The number of hydrogen-bond donors (Lipinski definition) is 0. The van der Waals surface area contributed by atoms with Crippen molar-refractivity contribution in [3.63, 3.8) is 0 Å². The van der Waals surface area contributed by atoms with Crippen molar-refractivity contribution >= 4 is 28.5 Å². The molecule has 194 valence electrons. The molecule has 1 nitrogen and oxygen atoms in total. The van der Waals surface area contributed by atoms with Crippen molar-refractivity contribution in [3.05, 3.63) is 111 Å². The molecule has 2 aromatic carbocycles. The first-order valence-corrected chi connectivity index (χ1v) is 12.4. The Balaban J connectivity index is 2.04. The second-order valence-electron chi connectivity index (χ2n) is 9.47. The first-order chi connectivity index (χ1) is 17.4. The molecule has 2 unspecified atom stereocenters. The third-order valence-electron chi connectivity index (χ3n) is 7.12. The fourth-order valence-corrected chi connectivity index (χ4v) is 4.69. The predicted molar refractivity (Wildman–Crippen MR) is 146 cm³/mol. The van der Waals surface area contributed by atoms with Crippen LogP contribution in [-0.2, 0) is 0 Å². The zero-order valence-corrected chi connectivity index (χ0v) is 22.5. The molecule has 2 atom stereocenters. The van der Waals surface area contributed by atoms with Crippen LogP contribution in [0.15, 0.2) is 71.3 Å². The van der Waals surface area contributed by atoms with Crippen molar-refractivity contribution in [2.24, 2.45) is 10.9 Å². The molecule has 0 fully saturated rings. The molecule has 0 heterocycles. The number of benzene rings is 2. The highest BCUT2D eigenvalue weighted by Crippen LogP contribution is 2.50. The molecule has 1 aliphatic rings. The molecule has 0 amide bonds. The van der Waals surface area contributed by atoms with Crippen LogP contribution >= 0.6 is 11.6 Å². The van der Waals surface area contributed by atoms with Gasteiger partial charge in [-0.05, 0) is 79.0 Å². The fourth-order valence-electron chi connectivity index (χ4n) is 4.53. The van der Waals surface area contributed by atoms with E-state index in [4.69, 9.17) is 11.6 Å². The van der Waals surface area contributed by atoms with Gasteiger partial charge in [0.15, 0.2) is 17.5 Å². The molecule has 6 heteroatoms. The quantitative estimate of drug-likeness (QED) is 0.140. The van der Waals surface area contributed by atoms with Crippen LogP contribution in [0.2, 0.25) is 5.02 Å². The summed E-state index contributed by atoms with van der Waals surface area (Å²) < 4.78 is 58.7. The standard InChI is InChI=1S/C31H30ClF4N/c1-8-16(2)26(33)15-37-21(7)17(3)9-12-24-27(19(5)22-13-14-25(32)31(36)28(22)24)20(6)23-11-10-18(4)29(34)30(23)35/h10-11,13-15,17,20H,1,5,9,12H2,2-4,6-7H3/b26-15+,37-21+. The van der Waals surface area contributed by atoms with E-state index in [2.05, 4.69) is 23.9 Å². The largest absolute Gasteiger partial charge is 0.263 e. The number of aliphatic imine (C=N–C) groups is 1. The van der Waals surface area contributed by atoms with E-state index >= 15 is 4.39 Å². The Morgan fingerprint density at radius 1 is 1.08 bits per heavy atom. The van der Waals surface area contributed by atoms with Gasteiger partial charge in [0.05, 0.1) is 11.2 Å². The summed E-state index contributed by atoms with van der Waals surface area (Å²) in [6, 6.07) is 6.26. The van der Waals surface area contributed by atoms with Gasteiger partial charge in [-0.25, -0.2) is 17.6 Å². The molecule has 37 heavy (non-hydrogen) atoms. The second-order valence-corrected chi connectivity index (χ2v) is 9.87. The average Bonchev–Trinajstić information content (AvgIpc) is 3.16. The lowest BCUT2D eigenvalue weighted by molar-refractivity contribution is 0.491. The van der Waals surface area contributed by atoms with Crippen molar-refractivity contribution in [1.82, 2.24) is 0 Å². The topological polar surface area (TPSA) is 12.4 Å². The van der Waals surface area contributed by atoms with Gasteiger partial charge in [-0.1, -0.05) is 56.8 Å². The van der Waals surface area contributed by atoms with Crippen LogP contribution in [0.4, 0.5) is 17.6 Å². The number of hydrogen-bond acceptors (Lipinski definition) is 1. The maximum Gasteiger partial charge on any atom is 0.162 e. The summed E-state index contributed by atoms with van der Waals surface area (Å²) >= 11 is 6.13. The van der Waals surface area contributed by atoms with Gasteiger partial charge in [0, 0.05) is 22.8 Å². The van der Waals surface area contributed by atoms with Gasteiger partial charge in [0.2, 0.25) is 0 Å². The van der Waals surface area contributed by atoms with E-state index in [0.717, 1.165) is 6.20 Å². The first-order valence-electron chi connectivity index (χ1n) is 12.0. The van der Waals surface area contributed by atoms with Gasteiger partial charge < -0.3 is 0 Å². The Kier molecular flexibility index (Phi) is 8.84. The first kappa shape index (κ1) is 28.4. The Morgan fingerprint density at radius 2 is 1.76 bits per heavy atom. The van der Waals surface area contributed by atoms with Crippen molar-refractivity contribution in [2.75, 3.05) is 0 Å². The zero-order valence-electron chi connectivity index (χ0n) is 21.7.